The Hall–Kier alpha value is -2.18. The molecule has 0 bridgehead atoms. The molecule has 1 amide bonds. The van der Waals surface area contributed by atoms with Crippen LogP contribution in [0.3, 0.4) is 0 Å². The van der Waals surface area contributed by atoms with Crippen LogP contribution >= 0.6 is 11.6 Å². The largest absolute Gasteiger partial charge is 0.389 e. The Morgan fingerprint density at radius 1 is 1.21 bits per heavy atom. The van der Waals surface area contributed by atoms with E-state index in [0.29, 0.717) is 30.2 Å². The molecule has 0 radical (unpaired) electrons. The van der Waals surface area contributed by atoms with Gasteiger partial charge in [0.2, 0.25) is 5.91 Å². The van der Waals surface area contributed by atoms with Crippen molar-refractivity contribution in [3.05, 3.63) is 51.8 Å². The number of amides is 1. The first kappa shape index (κ1) is 19.2. The average molecular weight is 402 g/mol. The van der Waals surface area contributed by atoms with E-state index in [9.17, 15) is 14.7 Å². The molecule has 4 rings (SSSR count). The standard InChI is InChI=1S/C21H24ClN3O3/c22-17-7-2-1-6-16(17)18-8-9-19(26)25(23-18)14-20(27)24-12-11-21(28)10-4-3-5-15(21)13-24/h1-2,6-9,15,28H,3-5,10-14H2. The highest BCUT2D eigenvalue weighted by molar-refractivity contribution is 6.33. The van der Waals surface area contributed by atoms with Gasteiger partial charge in [-0.3, -0.25) is 9.59 Å². The van der Waals surface area contributed by atoms with E-state index < -0.39 is 5.60 Å². The Labute approximate surface area is 168 Å². The number of aliphatic hydroxyl groups is 1. The van der Waals surface area contributed by atoms with Crippen LogP contribution in [0.1, 0.15) is 32.1 Å². The zero-order chi connectivity index (χ0) is 19.7. The van der Waals surface area contributed by atoms with E-state index in [0.717, 1.165) is 31.2 Å². The van der Waals surface area contributed by atoms with Crippen molar-refractivity contribution in [2.45, 2.75) is 44.2 Å². The molecule has 2 aromatic rings. The lowest BCUT2D eigenvalue weighted by molar-refractivity contribution is -0.144. The van der Waals surface area contributed by atoms with Crippen LogP contribution in [-0.2, 0) is 11.3 Å². The highest BCUT2D eigenvalue weighted by Gasteiger charge is 2.43. The fourth-order valence-electron chi connectivity index (χ4n) is 4.40. The highest BCUT2D eigenvalue weighted by atomic mass is 35.5. The number of aromatic nitrogens is 2. The van der Waals surface area contributed by atoms with Crippen LogP contribution in [0, 0.1) is 5.92 Å². The first-order valence-electron chi connectivity index (χ1n) is 9.79. The number of carbonyl (C=O) groups is 1. The number of rotatable bonds is 3. The second-order valence-corrected chi connectivity index (χ2v) is 8.24. The number of nitrogens with zero attached hydrogens (tertiary/aromatic N) is 3. The zero-order valence-electron chi connectivity index (χ0n) is 15.7. The third kappa shape index (κ3) is 3.71. The molecule has 1 saturated heterocycles. The van der Waals surface area contributed by atoms with E-state index in [2.05, 4.69) is 5.10 Å². The molecule has 2 heterocycles. The van der Waals surface area contributed by atoms with Crippen molar-refractivity contribution < 1.29 is 9.90 Å². The summed E-state index contributed by atoms with van der Waals surface area (Å²) in [6.07, 6.45) is 4.51. The Morgan fingerprint density at radius 2 is 2.04 bits per heavy atom. The molecule has 28 heavy (non-hydrogen) atoms. The molecule has 0 spiro atoms. The fraction of sp³-hybridized carbons (Fsp3) is 0.476. The van der Waals surface area contributed by atoms with E-state index in [1.54, 1.807) is 17.0 Å². The van der Waals surface area contributed by atoms with Crippen molar-refractivity contribution in [1.82, 2.24) is 14.7 Å². The number of hydrogen-bond acceptors (Lipinski definition) is 4. The lowest BCUT2D eigenvalue weighted by Gasteiger charge is -2.47. The van der Waals surface area contributed by atoms with E-state index in [1.807, 2.05) is 18.2 Å². The number of benzene rings is 1. The molecule has 2 fully saturated rings. The molecule has 2 aliphatic rings. The lowest BCUT2D eigenvalue weighted by atomic mass is 9.71. The van der Waals surface area contributed by atoms with Gasteiger partial charge in [-0.1, -0.05) is 42.6 Å². The van der Waals surface area contributed by atoms with Gasteiger partial charge in [0.25, 0.3) is 5.56 Å². The molecule has 148 valence electrons. The topological polar surface area (TPSA) is 75.4 Å². The Kier molecular flexibility index (Phi) is 5.25. The highest BCUT2D eigenvalue weighted by Crippen LogP contribution is 2.39. The normalized spacial score (nSPS) is 24.6. The van der Waals surface area contributed by atoms with Crippen LogP contribution in [0.4, 0.5) is 0 Å². The van der Waals surface area contributed by atoms with Crippen LogP contribution in [0.5, 0.6) is 0 Å². The predicted molar refractivity (Wildman–Crippen MR) is 107 cm³/mol. The fourth-order valence-corrected chi connectivity index (χ4v) is 4.63. The van der Waals surface area contributed by atoms with Crippen molar-refractivity contribution in [3.63, 3.8) is 0 Å². The third-order valence-electron chi connectivity index (χ3n) is 6.08. The smallest absolute Gasteiger partial charge is 0.267 e. The molecule has 2 atom stereocenters. The van der Waals surface area contributed by atoms with Crippen molar-refractivity contribution in [1.29, 1.82) is 0 Å². The monoisotopic (exact) mass is 401 g/mol. The maximum absolute atomic E-state index is 12.8. The molecule has 1 aliphatic carbocycles. The van der Waals surface area contributed by atoms with Gasteiger partial charge in [0.15, 0.2) is 0 Å². The number of piperidine rings is 1. The van der Waals surface area contributed by atoms with Crippen molar-refractivity contribution >= 4 is 17.5 Å². The summed E-state index contributed by atoms with van der Waals surface area (Å²) in [5.41, 5.74) is 0.318. The summed E-state index contributed by atoms with van der Waals surface area (Å²) in [7, 11) is 0. The molecule has 6 nitrogen and oxygen atoms in total. The number of likely N-dealkylation sites (tertiary alicyclic amines) is 1. The van der Waals surface area contributed by atoms with Gasteiger partial charge in [-0.15, -0.1) is 0 Å². The van der Waals surface area contributed by atoms with Crippen molar-refractivity contribution in [3.8, 4) is 11.3 Å². The van der Waals surface area contributed by atoms with Crippen LogP contribution in [0.15, 0.2) is 41.2 Å². The van der Waals surface area contributed by atoms with E-state index in [-0.39, 0.29) is 23.9 Å². The van der Waals surface area contributed by atoms with Gasteiger partial charge >= 0.3 is 0 Å². The predicted octanol–water partition coefficient (Wildman–Crippen LogP) is 2.72. The second-order valence-electron chi connectivity index (χ2n) is 7.83. The summed E-state index contributed by atoms with van der Waals surface area (Å²) in [6.45, 7) is 0.960. The molecule has 7 heteroatoms. The minimum absolute atomic E-state index is 0.109. The summed E-state index contributed by atoms with van der Waals surface area (Å²) >= 11 is 6.23. The van der Waals surface area contributed by atoms with E-state index in [4.69, 9.17) is 11.6 Å². The third-order valence-corrected chi connectivity index (χ3v) is 6.41. The van der Waals surface area contributed by atoms with Gasteiger partial charge in [-0.05, 0) is 31.4 Å². The molecular weight excluding hydrogens is 378 g/mol. The van der Waals surface area contributed by atoms with Gasteiger partial charge in [-0.2, -0.15) is 5.10 Å². The van der Waals surface area contributed by atoms with Gasteiger partial charge in [0.1, 0.15) is 6.54 Å². The summed E-state index contributed by atoms with van der Waals surface area (Å²) in [5, 5.41) is 15.7. The summed E-state index contributed by atoms with van der Waals surface area (Å²) in [4.78, 5) is 26.8. The van der Waals surface area contributed by atoms with Gasteiger partial charge < -0.3 is 10.0 Å². The quantitative estimate of drug-likeness (QED) is 0.858. The van der Waals surface area contributed by atoms with Crippen LogP contribution in [0.2, 0.25) is 5.02 Å². The first-order chi connectivity index (χ1) is 13.5. The Morgan fingerprint density at radius 3 is 2.86 bits per heavy atom. The summed E-state index contributed by atoms with van der Waals surface area (Å²) < 4.78 is 1.20. The van der Waals surface area contributed by atoms with Crippen molar-refractivity contribution in [2.75, 3.05) is 13.1 Å². The van der Waals surface area contributed by atoms with E-state index >= 15 is 0 Å². The Bertz CT molecular complexity index is 944. The molecular formula is C21H24ClN3O3. The summed E-state index contributed by atoms with van der Waals surface area (Å²) in [5.74, 6) is -0.0170. The maximum Gasteiger partial charge on any atom is 0.267 e. The van der Waals surface area contributed by atoms with Gasteiger partial charge in [0, 0.05) is 30.6 Å². The second kappa shape index (κ2) is 7.68. The number of fused-ring (bicyclic) bond motifs is 1. The minimum Gasteiger partial charge on any atom is -0.389 e. The zero-order valence-corrected chi connectivity index (χ0v) is 16.4. The van der Waals surface area contributed by atoms with E-state index in [1.165, 1.54) is 10.7 Å². The van der Waals surface area contributed by atoms with Gasteiger partial charge in [0.05, 0.1) is 16.3 Å². The Balaban J connectivity index is 1.51. The lowest BCUT2D eigenvalue weighted by Crippen LogP contribution is -2.55. The first-order valence-corrected chi connectivity index (χ1v) is 10.2. The maximum atomic E-state index is 12.8. The van der Waals surface area contributed by atoms with Crippen LogP contribution in [0.25, 0.3) is 11.3 Å². The molecule has 1 saturated carbocycles. The minimum atomic E-state index is -0.631. The van der Waals surface area contributed by atoms with Crippen molar-refractivity contribution in [2.24, 2.45) is 5.92 Å². The molecule has 1 aromatic carbocycles. The van der Waals surface area contributed by atoms with Gasteiger partial charge in [-0.25, -0.2) is 4.68 Å². The average Bonchev–Trinajstić information content (AvgIpc) is 2.69. The molecule has 2 unspecified atom stereocenters. The molecule has 1 N–H and O–H groups in total. The number of carbonyl (C=O) groups excluding carboxylic acids is 1. The SMILES string of the molecule is O=C(Cn1nc(-c2ccccc2Cl)ccc1=O)N1CCC2(O)CCCCC2C1. The number of halogens is 1. The molecule has 1 aromatic heterocycles. The molecule has 1 aliphatic heterocycles. The summed E-state index contributed by atoms with van der Waals surface area (Å²) in [6, 6.07) is 10.3. The van der Waals surface area contributed by atoms with Crippen LogP contribution in [-0.4, -0.2) is 44.4 Å². The van der Waals surface area contributed by atoms with Crippen LogP contribution < -0.4 is 5.56 Å². The number of hydrogen-bond donors (Lipinski definition) is 1.